The number of aryl methyl sites for hydroxylation is 1. The van der Waals surface area contributed by atoms with E-state index in [1.54, 1.807) is 29.8 Å². The van der Waals surface area contributed by atoms with Crippen molar-refractivity contribution in [2.24, 2.45) is 0 Å². The zero-order valence-electron chi connectivity index (χ0n) is 12.9. The Morgan fingerprint density at radius 2 is 2.04 bits per heavy atom. The number of benzene rings is 1. The fourth-order valence-electron chi connectivity index (χ4n) is 2.08. The van der Waals surface area contributed by atoms with Crippen LogP contribution in [-0.4, -0.2) is 39.9 Å². The number of rotatable bonds is 5. The third kappa shape index (κ3) is 2.82. The number of hydrogen-bond donors (Lipinski definition) is 1. The molecule has 0 aliphatic rings. The summed E-state index contributed by atoms with van der Waals surface area (Å²) in [5.41, 5.74) is 0.448. The Morgan fingerprint density at radius 1 is 1.26 bits per heavy atom. The van der Waals surface area contributed by atoms with Crippen molar-refractivity contribution in [3.05, 3.63) is 29.6 Å². The van der Waals surface area contributed by atoms with Crippen molar-refractivity contribution in [3.8, 4) is 11.5 Å². The van der Waals surface area contributed by atoms with E-state index in [0.29, 0.717) is 33.6 Å². The van der Waals surface area contributed by atoms with Gasteiger partial charge in [-0.3, -0.25) is 10.1 Å². The Balaban J connectivity index is 1.83. The smallest absolute Gasteiger partial charge is 0.257 e. The second-order valence-electron chi connectivity index (χ2n) is 4.60. The molecule has 2 heterocycles. The van der Waals surface area contributed by atoms with E-state index < -0.39 is 0 Å². The first-order valence-corrected chi connectivity index (χ1v) is 7.72. The number of methoxy groups -OCH3 is 2. The van der Waals surface area contributed by atoms with Gasteiger partial charge in [-0.2, -0.15) is 4.52 Å². The first-order valence-electron chi connectivity index (χ1n) is 6.90. The predicted octanol–water partition coefficient (Wildman–Crippen LogP) is 2.02. The third-order valence-corrected chi connectivity index (χ3v) is 4.05. The van der Waals surface area contributed by atoms with E-state index in [-0.39, 0.29) is 5.91 Å². The molecule has 9 heteroatoms. The largest absolute Gasteiger partial charge is 0.493 e. The lowest BCUT2D eigenvalue weighted by molar-refractivity contribution is 0.102. The molecule has 0 aliphatic carbocycles. The topological polar surface area (TPSA) is 90.6 Å². The van der Waals surface area contributed by atoms with Crippen molar-refractivity contribution in [1.82, 2.24) is 19.8 Å². The average Bonchev–Trinajstić information content (AvgIpc) is 3.13. The van der Waals surface area contributed by atoms with Gasteiger partial charge in [0.05, 0.1) is 14.2 Å². The van der Waals surface area contributed by atoms with Gasteiger partial charge in [-0.25, -0.2) is 0 Å². The highest BCUT2D eigenvalue weighted by atomic mass is 32.1. The normalized spacial score (nSPS) is 10.7. The van der Waals surface area contributed by atoms with Crippen LogP contribution < -0.4 is 14.8 Å². The molecule has 1 amide bonds. The molecule has 0 saturated carbocycles. The summed E-state index contributed by atoms with van der Waals surface area (Å²) in [4.78, 5) is 13.0. The van der Waals surface area contributed by atoms with Gasteiger partial charge < -0.3 is 9.47 Å². The number of carbonyl (C=O) groups is 1. The minimum absolute atomic E-state index is 0.283. The number of amides is 1. The molecule has 23 heavy (non-hydrogen) atoms. The molecule has 0 spiro atoms. The van der Waals surface area contributed by atoms with E-state index in [0.717, 1.165) is 5.82 Å². The number of aromatic nitrogens is 4. The summed E-state index contributed by atoms with van der Waals surface area (Å²) in [6.07, 6.45) is 0.716. The standard InChI is InChI=1S/C14H15N5O3S/c1-4-11-16-17-14-19(11)18-13(23-14)15-12(20)8-5-6-9(21-2)10(7-8)22-3/h5-7H,4H2,1-3H3,(H,15,18,20). The van der Waals surface area contributed by atoms with Crippen LogP contribution in [0.5, 0.6) is 11.5 Å². The summed E-state index contributed by atoms with van der Waals surface area (Å²) < 4.78 is 12.0. The maximum Gasteiger partial charge on any atom is 0.257 e. The fraction of sp³-hybridized carbons (Fsp3) is 0.286. The number of hydrogen-bond acceptors (Lipinski definition) is 7. The Kier molecular flexibility index (Phi) is 4.11. The molecule has 0 atom stereocenters. The van der Waals surface area contributed by atoms with E-state index in [9.17, 15) is 4.79 Å². The van der Waals surface area contributed by atoms with Crippen LogP contribution >= 0.6 is 11.3 Å². The Hall–Kier alpha value is -2.68. The van der Waals surface area contributed by atoms with Gasteiger partial charge in [0.1, 0.15) is 0 Å². The van der Waals surface area contributed by atoms with Crippen molar-refractivity contribution in [1.29, 1.82) is 0 Å². The first kappa shape index (κ1) is 15.2. The molecule has 0 fully saturated rings. The van der Waals surface area contributed by atoms with E-state index in [4.69, 9.17) is 9.47 Å². The van der Waals surface area contributed by atoms with E-state index >= 15 is 0 Å². The summed E-state index contributed by atoms with van der Waals surface area (Å²) in [7, 11) is 3.07. The SMILES string of the molecule is CCc1nnc2sc(NC(=O)c3ccc(OC)c(OC)c3)nn12. The zero-order chi connectivity index (χ0) is 16.4. The Labute approximate surface area is 136 Å². The van der Waals surface area contributed by atoms with Crippen molar-refractivity contribution >= 4 is 27.3 Å². The van der Waals surface area contributed by atoms with Crippen molar-refractivity contribution < 1.29 is 14.3 Å². The minimum Gasteiger partial charge on any atom is -0.493 e. The molecule has 3 aromatic rings. The number of anilines is 1. The van der Waals surface area contributed by atoms with Crippen molar-refractivity contribution in [2.45, 2.75) is 13.3 Å². The Bertz CT molecular complexity index is 857. The lowest BCUT2D eigenvalue weighted by Gasteiger charge is -2.09. The second-order valence-corrected chi connectivity index (χ2v) is 5.55. The molecule has 0 bridgehead atoms. The van der Waals surface area contributed by atoms with Gasteiger partial charge in [0, 0.05) is 12.0 Å². The molecule has 120 valence electrons. The highest BCUT2D eigenvalue weighted by Crippen LogP contribution is 2.28. The first-order chi connectivity index (χ1) is 11.2. The lowest BCUT2D eigenvalue weighted by Crippen LogP contribution is -2.12. The van der Waals surface area contributed by atoms with Crippen LogP contribution in [0.3, 0.4) is 0 Å². The van der Waals surface area contributed by atoms with Gasteiger partial charge in [-0.15, -0.1) is 15.3 Å². The number of carbonyl (C=O) groups excluding carboxylic acids is 1. The van der Waals surface area contributed by atoms with Crippen molar-refractivity contribution in [2.75, 3.05) is 19.5 Å². The molecular weight excluding hydrogens is 318 g/mol. The maximum absolute atomic E-state index is 12.3. The number of ether oxygens (including phenoxy) is 2. The number of nitrogens with zero attached hydrogens (tertiary/aromatic N) is 4. The molecule has 1 N–H and O–H groups in total. The van der Waals surface area contributed by atoms with Crippen LogP contribution in [0.2, 0.25) is 0 Å². The van der Waals surface area contributed by atoms with Gasteiger partial charge in [-0.05, 0) is 18.2 Å². The number of fused-ring (bicyclic) bond motifs is 1. The molecular formula is C14H15N5O3S. The van der Waals surface area contributed by atoms with E-state index in [2.05, 4.69) is 20.6 Å². The van der Waals surface area contributed by atoms with Crippen LogP contribution in [-0.2, 0) is 6.42 Å². The van der Waals surface area contributed by atoms with Crippen LogP contribution in [0.15, 0.2) is 18.2 Å². The van der Waals surface area contributed by atoms with Crippen molar-refractivity contribution in [3.63, 3.8) is 0 Å². The van der Waals surface area contributed by atoms with Gasteiger partial charge in [0.15, 0.2) is 17.3 Å². The number of nitrogens with one attached hydrogen (secondary N) is 1. The molecule has 2 aromatic heterocycles. The third-order valence-electron chi connectivity index (χ3n) is 3.24. The van der Waals surface area contributed by atoms with Crippen LogP contribution in [0, 0.1) is 0 Å². The Morgan fingerprint density at radius 3 is 2.74 bits per heavy atom. The van der Waals surface area contributed by atoms with Crippen LogP contribution in [0.25, 0.3) is 4.96 Å². The van der Waals surface area contributed by atoms with E-state index in [1.165, 1.54) is 18.4 Å². The molecule has 0 unspecified atom stereocenters. The maximum atomic E-state index is 12.3. The van der Waals surface area contributed by atoms with Gasteiger partial charge >= 0.3 is 0 Å². The van der Waals surface area contributed by atoms with Crippen LogP contribution in [0.4, 0.5) is 5.13 Å². The summed E-state index contributed by atoms with van der Waals surface area (Å²) in [5, 5.41) is 15.6. The lowest BCUT2D eigenvalue weighted by atomic mass is 10.2. The summed E-state index contributed by atoms with van der Waals surface area (Å²) >= 11 is 1.26. The van der Waals surface area contributed by atoms with Gasteiger partial charge in [-0.1, -0.05) is 18.3 Å². The molecule has 3 rings (SSSR count). The minimum atomic E-state index is -0.283. The van der Waals surface area contributed by atoms with Gasteiger partial charge in [0.2, 0.25) is 10.1 Å². The highest BCUT2D eigenvalue weighted by molar-refractivity contribution is 7.20. The predicted molar refractivity (Wildman–Crippen MR) is 85.5 cm³/mol. The molecule has 0 saturated heterocycles. The summed E-state index contributed by atoms with van der Waals surface area (Å²) in [5.74, 6) is 1.53. The fourth-order valence-corrected chi connectivity index (χ4v) is 2.83. The quantitative estimate of drug-likeness (QED) is 0.768. The zero-order valence-corrected chi connectivity index (χ0v) is 13.7. The molecule has 0 radical (unpaired) electrons. The molecule has 1 aromatic carbocycles. The summed E-state index contributed by atoms with van der Waals surface area (Å²) in [6.45, 7) is 1.97. The highest BCUT2D eigenvalue weighted by Gasteiger charge is 2.15. The molecule has 8 nitrogen and oxygen atoms in total. The van der Waals surface area contributed by atoms with Crippen LogP contribution in [0.1, 0.15) is 23.1 Å². The molecule has 0 aliphatic heterocycles. The monoisotopic (exact) mass is 333 g/mol. The van der Waals surface area contributed by atoms with E-state index in [1.807, 2.05) is 6.92 Å². The van der Waals surface area contributed by atoms with Gasteiger partial charge in [0.25, 0.3) is 5.91 Å². The second kappa shape index (κ2) is 6.21. The average molecular weight is 333 g/mol. The summed E-state index contributed by atoms with van der Waals surface area (Å²) in [6, 6.07) is 4.96.